The van der Waals surface area contributed by atoms with Crippen molar-refractivity contribution in [3.05, 3.63) is 51.4 Å². The van der Waals surface area contributed by atoms with Gasteiger partial charge in [0.2, 0.25) is 0 Å². The highest BCUT2D eigenvalue weighted by atomic mass is 16.5. The Labute approximate surface area is 129 Å². The van der Waals surface area contributed by atoms with Crippen molar-refractivity contribution in [3.63, 3.8) is 0 Å². The molecule has 0 bridgehead atoms. The average molecular weight is 303 g/mol. The lowest BCUT2D eigenvalue weighted by molar-refractivity contribution is 0.354. The molecule has 6 heteroatoms. The Bertz CT molecular complexity index is 725. The quantitative estimate of drug-likeness (QED) is 0.908. The molecule has 0 aliphatic carbocycles. The molecule has 2 aromatic rings. The van der Waals surface area contributed by atoms with Crippen LogP contribution in [-0.4, -0.2) is 24.0 Å². The van der Waals surface area contributed by atoms with E-state index in [1.54, 1.807) is 32.4 Å². The van der Waals surface area contributed by atoms with Crippen LogP contribution in [0.5, 0.6) is 11.5 Å². The molecule has 118 valence electrons. The highest BCUT2D eigenvalue weighted by molar-refractivity contribution is 5.45. The molecule has 2 N–H and O–H groups in total. The summed E-state index contributed by atoms with van der Waals surface area (Å²) in [5, 5.41) is 4.19. The number of methoxy groups -OCH3 is 2. The van der Waals surface area contributed by atoms with Gasteiger partial charge in [0.05, 0.1) is 26.0 Å². The van der Waals surface area contributed by atoms with Gasteiger partial charge in [-0.15, -0.1) is 0 Å². The van der Waals surface area contributed by atoms with Crippen molar-refractivity contribution in [2.45, 2.75) is 26.4 Å². The Morgan fingerprint density at radius 1 is 1.23 bits per heavy atom. The molecule has 1 aromatic heterocycles. The third-order valence-corrected chi connectivity index (χ3v) is 3.53. The number of aryl methyl sites for hydroxylation is 2. The van der Waals surface area contributed by atoms with E-state index < -0.39 is 6.04 Å². The van der Waals surface area contributed by atoms with Crippen LogP contribution in [-0.2, 0) is 6.54 Å². The van der Waals surface area contributed by atoms with Crippen molar-refractivity contribution in [3.8, 4) is 11.5 Å². The molecule has 1 atom stereocenters. The van der Waals surface area contributed by atoms with E-state index in [-0.39, 0.29) is 5.56 Å². The first-order valence-electron chi connectivity index (χ1n) is 7.08. The van der Waals surface area contributed by atoms with Crippen LogP contribution in [0.15, 0.2) is 29.1 Å². The van der Waals surface area contributed by atoms with E-state index in [9.17, 15) is 4.79 Å². The first kappa shape index (κ1) is 16.0. The number of ether oxygens (including phenoxy) is 2. The largest absolute Gasteiger partial charge is 0.493 e. The summed E-state index contributed by atoms with van der Waals surface area (Å²) in [5.74, 6) is 1.20. The lowest BCUT2D eigenvalue weighted by Crippen LogP contribution is -2.30. The Hall–Kier alpha value is -2.34. The monoisotopic (exact) mass is 303 g/mol. The molecule has 1 aromatic carbocycles. The molecule has 0 saturated carbocycles. The van der Waals surface area contributed by atoms with E-state index in [0.717, 1.165) is 11.3 Å². The third kappa shape index (κ3) is 2.96. The molecule has 1 heterocycles. The van der Waals surface area contributed by atoms with Crippen molar-refractivity contribution in [2.75, 3.05) is 14.2 Å². The number of rotatable bonds is 5. The summed E-state index contributed by atoms with van der Waals surface area (Å²) in [7, 11) is 3.14. The second-order valence-corrected chi connectivity index (χ2v) is 4.95. The molecule has 22 heavy (non-hydrogen) atoms. The van der Waals surface area contributed by atoms with Gasteiger partial charge in [0.1, 0.15) is 0 Å². The molecular weight excluding hydrogens is 282 g/mol. The van der Waals surface area contributed by atoms with Gasteiger partial charge in [0, 0.05) is 12.1 Å². The maximum absolute atomic E-state index is 12.4. The number of hydrogen-bond acceptors (Lipinski definition) is 5. The van der Waals surface area contributed by atoms with Crippen LogP contribution in [0.3, 0.4) is 0 Å². The van der Waals surface area contributed by atoms with Crippen molar-refractivity contribution >= 4 is 0 Å². The number of nitrogens with two attached hydrogens (primary N) is 1. The summed E-state index contributed by atoms with van der Waals surface area (Å²) in [4.78, 5) is 12.4. The molecule has 0 saturated heterocycles. The molecular formula is C16H21N3O3. The lowest BCUT2D eigenvalue weighted by atomic mass is 10.00. The van der Waals surface area contributed by atoms with E-state index in [1.807, 2.05) is 19.9 Å². The van der Waals surface area contributed by atoms with E-state index in [1.165, 1.54) is 4.68 Å². The van der Waals surface area contributed by atoms with Gasteiger partial charge < -0.3 is 15.2 Å². The van der Waals surface area contributed by atoms with Crippen molar-refractivity contribution < 1.29 is 9.47 Å². The predicted octanol–water partition coefficient (Wildman–Crippen LogP) is 1.64. The molecule has 0 fully saturated rings. The minimum absolute atomic E-state index is 0.171. The summed E-state index contributed by atoms with van der Waals surface area (Å²) >= 11 is 0. The number of aromatic nitrogens is 2. The van der Waals surface area contributed by atoms with Crippen LogP contribution in [0.25, 0.3) is 0 Å². The topological polar surface area (TPSA) is 79.4 Å². The number of nitrogens with zero attached hydrogens (tertiary/aromatic N) is 2. The number of hydrogen-bond donors (Lipinski definition) is 1. The fourth-order valence-electron chi connectivity index (χ4n) is 2.36. The highest BCUT2D eigenvalue weighted by Gasteiger charge is 2.17. The van der Waals surface area contributed by atoms with E-state index in [2.05, 4.69) is 5.10 Å². The van der Waals surface area contributed by atoms with Crippen molar-refractivity contribution in [2.24, 2.45) is 5.73 Å². The van der Waals surface area contributed by atoms with Crippen LogP contribution >= 0.6 is 0 Å². The maximum Gasteiger partial charge on any atom is 0.271 e. The predicted molar refractivity (Wildman–Crippen MR) is 84.5 cm³/mol. The van der Waals surface area contributed by atoms with E-state index >= 15 is 0 Å². The highest BCUT2D eigenvalue weighted by Crippen LogP contribution is 2.30. The Balaban J connectivity index is 2.50. The van der Waals surface area contributed by atoms with E-state index in [4.69, 9.17) is 15.2 Å². The third-order valence-electron chi connectivity index (χ3n) is 3.53. The molecule has 6 nitrogen and oxygen atoms in total. The second kappa shape index (κ2) is 6.62. The second-order valence-electron chi connectivity index (χ2n) is 4.95. The van der Waals surface area contributed by atoms with Gasteiger partial charge >= 0.3 is 0 Å². The van der Waals surface area contributed by atoms with Crippen LogP contribution in [0.2, 0.25) is 0 Å². The van der Waals surface area contributed by atoms with Gasteiger partial charge in [-0.3, -0.25) is 4.79 Å². The van der Waals surface area contributed by atoms with Crippen LogP contribution in [0, 0.1) is 6.92 Å². The Kier molecular flexibility index (Phi) is 4.82. The molecule has 0 radical (unpaired) electrons. The zero-order valence-electron chi connectivity index (χ0n) is 13.3. The van der Waals surface area contributed by atoms with Gasteiger partial charge in [-0.05, 0) is 37.6 Å². The van der Waals surface area contributed by atoms with Gasteiger partial charge in [-0.1, -0.05) is 6.07 Å². The van der Waals surface area contributed by atoms with Crippen LogP contribution in [0.4, 0.5) is 0 Å². The van der Waals surface area contributed by atoms with Gasteiger partial charge in [-0.2, -0.15) is 5.10 Å². The Morgan fingerprint density at radius 3 is 2.50 bits per heavy atom. The van der Waals surface area contributed by atoms with Crippen molar-refractivity contribution in [1.29, 1.82) is 0 Å². The minimum Gasteiger partial charge on any atom is -0.493 e. The molecule has 1 unspecified atom stereocenters. The molecule has 2 rings (SSSR count). The summed E-state index contributed by atoms with van der Waals surface area (Å²) in [6, 6.07) is 6.58. The minimum atomic E-state index is -0.549. The van der Waals surface area contributed by atoms with E-state index in [0.29, 0.717) is 23.6 Å². The fraction of sp³-hybridized carbons (Fsp3) is 0.375. The van der Waals surface area contributed by atoms with Gasteiger partial charge in [-0.25, -0.2) is 4.68 Å². The zero-order chi connectivity index (χ0) is 16.3. The standard InChI is InChI=1S/C16H21N3O3/c1-5-19-16(20)12(8-10(2)18-19)15(17)11-6-7-13(21-3)14(9-11)22-4/h6-9,15H,5,17H2,1-4H3. The normalized spacial score (nSPS) is 12.0. The maximum atomic E-state index is 12.4. The first-order chi connectivity index (χ1) is 10.5. The first-order valence-corrected chi connectivity index (χ1v) is 7.08. The zero-order valence-corrected chi connectivity index (χ0v) is 13.3. The van der Waals surface area contributed by atoms with Gasteiger partial charge in [0.25, 0.3) is 5.56 Å². The Morgan fingerprint density at radius 2 is 1.91 bits per heavy atom. The summed E-state index contributed by atoms with van der Waals surface area (Å²) < 4.78 is 11.9. The fourth-order valence-corrected chi connectivity index (χ4v) is 2.36. The lowest BCUT2D eigenvalue weighted by Gasteiger charge is -2.16. The smallest absolute Gasteiger partial charge is 0.271 e. The van der Waals surface area contributed by atoms with Crippen LogP contribution in [0.1, 0.15) is 29.8 Å². The molecule has 0 amide bonds. The summed E-state index contributed by atoms with van der Waals surface area (Å²) in [6.07, 6.45) is 0. The van der Waals surface area contributed by atoms with Crippen LogP contribution < -0.4 is 20.8 Å². The SMILES string of the molecule is CCn1nc(C)cc(C(N)c2ccc(OC)c(OC)c2)c1=O. The average Bonchev–Trinajstić information content (AvgIpc) is 2.55. The van der Waals surface area contributed by atoms with Crippen molar-refractivity contribution in [1.82, 2.24) is 9.78 Å². The number of benzene rings is 1. The molecule has 0 spiro atoms. The molecule has 0 aliphatic heterocycles. The van der Waals surface area contributed by atoms with Gasteiger partial charge in [0.15, 0.2) is 11.5 Å². The summed E-state index contributed by atoms with van der Waals surface area (Å²) in [6.45, 7) is 4.22. The molecule has 0 aliphatic rings. The summed E-state index contributed by atoms with van der Waals surface area (Å²) in [5.41, 5.74) is 8.17.